The molecule has 2 saturated heterocycles. The molecule has 21 heavy (non-hydrogen) atoms. The lowest BCUT2D eigenvalue weighted by molar-refractivity contribution is -0.0505. The minimum atomic E-state index is 0.333. The van der Waals surface area contributed by atoms with Crippen LogP contribution >= 0.6 is 12.6 Å². The van der Waals surface area contributed by atoms with Gasteiger partial charge in [-0.1, -0.05) is 20.8 Å². The van der Waals surface area contributed by atoms with Gasteiger partial charge in [0.15, 0.2) is 0 Å². The van der Waals surface area contributed by atoms with Crippen LogP contribution in [-0.2, 0) is 4.74 Å². The first-order valence-electron chi connectivity index (χ1n) is 8.32. The molecule has 2 atom stereocenters. The van der Waals surface area contributed by atoms with Crippen molar-refractivity contribution >= 4 is 12.6 Å². The van der Waals surface area contributed by atoms with Crippen LogP contribution in [0.1, 0.15) is 27.7 Å². The van der Waals surface area contributed by atoms with E-state index in [0.717, 1.165) is 26.2 Å². The SMILES string of the molecule is CC(S)N1CCO[C@H](CN2CCN(CC(C)(C)C)CC2)C1. The molecular weight excluding hydrogens is 282 g/mol. The van der Waals surface area contributed by atoms with E-state index in [2.05, 4.69) is 55.0 Å². The van der Waals surface area contributed by atoms with Gasteiger partial charge in [-0.05, 0) is 12.3 Å². The van der Waals surface area contributed by atoms with Crippen molar-refractivity contribution in [1.82, 2.24) is 14.7 Å². The lowest BCUT2D eigenvalue weighted by Gasteiger charge is -2.41. The Morgan fingerprint density at radius 2 is 1.71 bits per heavy atom. The zero-order valence-corrected chi connectivity index (χ0v) is 15.1. The van der Waals surface area contributed by atoms with Gasteiger partial charge < -0.3 is 9.64 Å². The van der Waals surface area contributed by atoms with Crippen molar-refractivity contribution < 1.29 is 4.74 Å². The Morgan fingerprint density at radius 1 is 1.10 bits per heavy atom. The minimum Gasteiger partial charge on any atom is -0.374 e. The van der Waals surface area contributed by atoms with E-state index in [1.54, 1.807) is 0 Å². The summed E-state index contributed by atoms with van der Waals surface area (Å²) in [6.45, 7) is 19.0. The Balaban J connectivity index is 1.71. The normalized spacial score (nSPS) is 28.7. The molecule has 4 nitrogen and oxygen atoms in total. The van der Waals surface area contributed by atoms with Gasteiger partial charge in [-0.15, -0.1) is 0 Å². The zero-order chi connectivity index (χ0) is 15.5. The monoisotopic (exact) mass is 315 g/mol. The Bertz CT molecular complexity index is 311. The molecule has 2 heterocycles. The van der Waals surface area contributed by atoms with Crippen LogP contribution in [0.3, 0.4) is 0 Å². The van der Waals surface area contributed by atoms with Gasteiger partial charge in [-0.2, -0.15) is 12.6 Å². The van der Waals surface area contributed by atoms with Crippen LogP contribution in [0.4, 0.5) is 0 Å². The zero-order valence-electron chi connectivity index (χ0n) is 14.2. The van der Waals surface area contributed by atoms with Gasteiger partial charge in [-0.3, -0.25) is 9.80 Å². The van der Waals surface area contributed by atoms with E-state index in [9.17, 15) is 0 Å². The van der Waals surface area contributed by atoms with Crippen LogP contribution in [0, 0.1) is 5.41 Å². The molecule has 2 aliphatic rings. The third-order valence-corrected chi connectivity index (χ3v) is 4.65. The van der Waals surface area contributed by atoms with Crippen LogP contribution in [0.5, 0.6) is 0 Å². The first-order valence-corrected chi connectivity index (χ1v) is 8.83. The maximum absolute atomic E-state index is 5.94. The Hall–Kier alpha value is 0.190. The van der Waals surface area contributed by atoms with E-state index in [1.165, 1.54) is 32.7 Å². The number of hydrogen-bond acceptors (Lipinski definition) is 5. The molecule has 2 rings (SSSR count). The topological polar surface area (TPSA) is 19.0 Å². The molecule has 0 saturated carbocycles. The fourth-order valence-electron chi connectivity index (χ4n) is 3.28. The minimum absolute atomic E-state index is 0.333. The van der Waals surface area contributed by atoms with E-state index >= 15 is 0 Å². The van der Waals surface area contributed by atoms with Crippen molar-refractivity contribution in [2.75, 3.05) is 59.0 Å². The third kappa shape index (κ3) is 6.06. The van der Waals surface area contributed by atoms with Crippen molar-refractivity contribution in [3.8, 4) is 0 Å². The molecule has 0 amide bonds. The summed E-state index contributed by atoms with van der Waals surface area (Å²) in [5.74, 6) is 0. The van der Waals surface area contributed by atoms with Gasteiger partial charge >= 0.3 is 0 Å². The molecule has 0 aromatic rings. The quantitative estimate of drug-likeness (QED) is 0.795. The molecular formula is C16H33N3OS. The molecule has 0 spiro atoms. The van der Waals surface area contributed by atoms with Gasteiger partial charge in [0, 0.05) is 52.4 Å². The Morgan fingerprint density at radius 3 is 2.29 bits per heavy atom. The average Bonchev–Trinajstić information content (AvgIpc) is 2.40. The van der Waals surface area contributed by atoms with E-state index in [0.29, 0.717) is 16.9 Å². The van der Waals surface area contributed by atoms with Crippen LogP contribution < -0.4 is 0 Å². The summed E-state index contributed by atoms with van der Waals surface area (Å²) in [7, 11) is 0. The summed E-state index contributed by atoms with van der Waals surface area (Å²) < 4.78 is 5.94. The summed E-state index contributed by atoms with van der Waals surface area (Å²) in [5, 5.41) is 0.333. The molecule has 1 unspecified atom stereocenters. The number of ether oxygens (including phenoxy) is 1. The molecule has 0 aromatic carbocycles. The summed E-state index contributed by atoms with van der Waals surface area (Å²) in [5.41, 5.74) is 0.401. The van der Waals surface area contributed by atoms with Crippen molar-refractivity contribution in [3.63, 3.8) is 0 Å². The van der Waals surface area contributed by atoms with Crippen molar-refractivity contribution in [1.29, 1.82) is 0 Å². The predicted molar refractivity (Wildman–Crippen MR) is 92.1 cm³/mol. The molecule has 5 heteroatoms. The molecule has 0 aliphatic carbocycles. The summed E-state index contributed by atoms with van der Waals surface area (Å²) in [6, 6.07) is 0. The highest BCUT2D eigenvalue weighted by Gasteiger charge is 2.27. The maximum atomic E-state index is 5.94. The first kappa shape index (κ1) is 17.5. The van der Waals surface area contributed by atoms with Gasteiger partial charge in [0.2, 0.25) is 0 Å². The Labute approximate surface area is 136 Å². The summed E-state index contributed by atoms with van der Waals surface area (Å²) >= 11 is 4.55. The fraction of sp³-hybridized carbons (Fsp3) is 1.00. The lowest BCUT2D eigenvalue weighted by atomic mass is 9.96. The molecule has 0 radical (unpaired) electrons. The van der Waals surface area contributed by atoms with Gasteiger partial charge in [0.05, 0.1) is 18.1 Å². The van der Waals surface area contributed by atoms with Crippen molar-refractivity contribution in [2.45, 2.75) is 39.2 Å². The highest BCUT2D eigenvalue weighted by atomic mass is 32.1. The Kier molecular flexibility index (Phi) is 6.38. The predicted octanol–water partition coefficient (Wildman–Crippen LogP) is 1.63. The standard InChI is InChI=1S/C16H33N3OS/c1-14(21)19-9-10-20-15(12-19)11-17-5-7-18(8-6-17)13-16(2,3)4/h14-15,21H,5-13H2,1-4H3/t14?,15-/m1/s1. The molecule has 0 aromatic heterocycles. The van der Waals surface area contributed by atoms with Crippen molar-refractivity contribution in [3.05, 3.63) is 0 Å². The average molecular weight is 316 g/mol. The molecule has 2 aliphatic heterocycles. The van der Waals surface area contributed by atoms with Crippen LogP contribution in [0.2, 0.25) is 0 Å². The molecule has 124 valence electrons. The molecule has 0 N–H and O–H groups in total. The number of rotatable bonds is 4. The number of nitrogens with zero attached hydrogens (tertiary/aromatic N) is 3. The first-order chi connectivity index (χ1) is 9.83. The second kappa shape index (κ2) is 7.64. The smallest absolute Gasteiger partial charge is 0.0829 e. The van der Waals surface area contributed by atoms with Crippen LogP contribution in [0.25, 0.3) is 0 Å². The lowest BCUT2D eigenvalue weighted by Crippen LogP contribution is -2.54. The highest BCUT2D eigenvalue weighted by molar-refractivity contribution is 7.80. The fourth-order valence-corrected chi connectivity index (χ4v) is 3.49. The maximum Gasteiger partial charge on any atom is 0.0829 e. The number of hydrogen-bond donors (Lipinski definition) is 1. The number of morpholine rings is 1. The largest absolute Gasteiger partial charge is 0.374 e. The second-order valence-corrected chi connectivity index (χ2v) is 8.50. The summed E-state index contributed by atoms with van der Waals surface area (Å²) in [4.78, 5) is 7.57. The number of piperazine rings is 1. The van der Waals surface area contributed by atoms with Gasteiger partial charge in [-0.25, -0.2) is 0 Å². The van der Waals surface area contributed by atoms with E-state index < -0.39 is 0 Å². The highest BCUT2D eigenvalue weighted by Crippen LogP contribution is 2.17. The van der Waals surface area contributed by atoms with E-state index in [1.807, 2.05) is 0 Å². The summed E-state index contributed by atoms with van der Waals surface area (Å²) in [6.07, 6.45) is 0.350. The van der Waals surface area contributed by atoms with Gasteiger partial charge in [0.1, 0.15) is 0 Å². The van der Waals surface area contributed by atoms with E-state index in [4.69, 9.17) is 4.74 Å². The van der Waals surface area contributed by atoms with Gasteiger partial charge in [0.25, 0.3) is 0 Å². The van der Waals surface area contributed by atoms with Crippen molar-refractivity contribution in [2.24, 2.45) is 5.41 Å². The number of thiol groups is 1. The molecule has 0 bridgehead atoms. The third-order valence-electron chi connectivity index (χ3n) is 4.32. The second-order valence-electron chi connectivity index (χ2n) is 7.76. The van der Waals surface area contributed by atoms with E-state index in [-0.39, 0.29) is 0 Å². The molecule has 2 fully saturated rings. The van der Waals surface area contributed by atoms with Crippen LogP contribution in [0.15, 0.2) is 0 Å². The van der Waals surface area contributed by atoms with Crippen LogP contribution in [-0.4, -0.2) is 85.1 Å².